The third kappa shape index (κ3) is 4.20. The van der Waals surface area contributed by atoms with Crippen molar-refractivity contribution in [1.29, 1.82) is 0 Å². The molecule has 0 saturated carbocycles. The Morgan fingerprint density at radius 2 is 1.96 bits per heavy atom. The zero-order valence-electron chi connectivity index (χ0n) is 13.3. The lowest BCUT2D eigenvalue weighted by atomic mass is 10.2. The number of carbonyl (C=O) groups is 1. The van der Waals surface area contributed by atoms with Crippen LogP contribution in [0.15, 0.2) is 42.5 Å². The van der Waals surface area contributed by atoms with E-state index in [1.807, 2.05) is 25.1 Å². The fraction of sp³-hybridized carbons (Fsp3) is 0.278. The SMILES string of the molecule is CC(SCC(=O)NCc1ccc2c(c1)OCO2)c1ccc(F)cc1. The van der Waals surface area contributed by atoms with Gasteiger partial charge in [-0.2, -0.15) is 0 Å². The number of benzene rings is 2. The summed E-state index contributed by atoms with van der Waals surface area (Å²) in [5.74, 6) is 1.50. The minimum absolute atomic E-state index is 0.0355. The number of rotatable bonds is 6. The molecule has 1 unspecified atom stereocenters. The highest BCUT2D eigenvalue weighted by molar-refractivity contribution is 8.00. The van der Waals surface area contributed by atoms with Crippen molar-refractivity contribution < 1.29 is 18.7 Å². The first-order chi connectivity index (χ1) is 11.6. The average Bonchev–Trinajstić information content (AvgIpc) is 3.06. The van der Waals surface area contributed by atoms with Crippen molar-refractivity contribution in [3.8, 4) is 11.5 Å². The van der Waals surface area contributed by atoms with Crippen molar-refractivity contribution in [3.05, 3.63) is 59.4 Å². The number of halogens is 1. The Hall–Kier alpha value is -2.21. The number of fused-ring (bicyclic) bond motifs is 1. The molecule has 0 bridgehead atoms. The zero-order valence-corrected chi connectivity index (χ0v) is 14.1. The lowest BCUT2D eigenvalue weighted by Crippen LogP contribution is -2.24. The van der Waals surface area contributed by atoms with Crippen molar-refractivity contribution in [1.82, 2.24) is 5.32 Å². The molecular formula is C18H18FNO3S. The molecule has 4 nitrogen and oxygen atoms in total. The lowest BCUT2D eigenvalue weighted by Gasteiger charge is -2.12. The molecule has 0 aliphatic carbocycles. The first-order valence-corrected chi connectivity index (χ1v) is 8.69. The molecule has 0 aromatic heterocycles. The Balaban J connectivity index is 1.45. The molecule has 24 heavy (non-hydrogen) atoms. The Morgan fingerprint density at radius 1 is 1.21 bits per heavy atom. The van der Waals surface area contributed by atoms with E-state index in [0.717, 1.165) is 16.9 Å². The molecule has 1 amide bonds. The van der Waals surface area contributed by atoms with E-state index in [9.17, 15) is 9.18 Å². The van der Waals surface area contributed by atoms with Crippen molar-refractivity contribution in [2.45, 2.75) is 18.7 Å². The van der Waals surface area contributed by atoms with Crippen LogP contribution in [0, 0.1) is 5.82 Å². The second kappa shape index (κ2) is 7.57. The van der Waals surface area contributed by atoms with E-state index in [0.29, 0.717) is 18.0 Å². The van der Waals surface area contributed by atoms with Gasteiger partial charge in [-0.1, -0.05) is 18.2 Å². The van der Waals surface area contributed by atoms with Crippen LogP contribution in [0.1, 0.15) is 23.3 Å². The summed E-state index contributed by atoms with van der Waals surface area (Å²) in [5.41, 5.74) is 1.97. The summed E-state index contributed by atoms with van der Waals surface area (Å²) < 4.78 is 23.5. The molecule has 1 aliphatic heterocycles. The van der Waals surface area contributed by atoms with Gasteiger partial charge in [0.05, 0.1) is 5.75 Å². The smallest absolute Gasteiger partial charge is 0.231 e. The number of carbonyl (C=O) groups excluding carboxylic acids is 1. The fourth-order valence-corrected chi connectivity index (χ4v) is 3.19. The van der Waals surface area contributed by atoms with Gasteiger partial charge in [-0.3, -0.25) is 4.79 Å². The molecule has 2 aromatic rings. The zero-order chi connectivity index (χ0) is 16.9. The largest absolute Gasteiger partial charge is 0.454 e. The summed E-state index contributed by atoms with van der Waals surface area (Å²) in [7, 11) is 0. The molecule has 3 rings (SSSR count). The van der Waals surface area contributed by atoms with E-state index in [4.69, 9.17) is 9.47 Å². The summed E-state index contributed by atoms with van der Waals surface area (Å²) in [4.78, 5) is 12.0. The minimum Gasteiger partial charge on any atom is -0.454 e. The van der Waals surface area contributed by atoms with Crippen LogP contribution in [0.5, 0.6) is 11.5 Å². The molecule has 0 radical (unpaired) electrons. The van der Waals surface area contributed by atoms with Crippen LogP contribution in [0.3, 0.4) is 0 Å². The molecular weight excluding hydrogens is 329 g/mol. The predicted molar refractivity (Wildman–Crippen MR) is 91.7 cm³/mol. The molecule has 1 aliphatic rings. The number of hydrogen-bond donors (Lipinski definition) is 1. The van der Waals surface area contributed by atoms with Gasteiger partial charge in [-0.25, -0.2) is 4.39 Å². The number of thioether (sulfide) groups is 1. The molecule has 126 valence electrons. The van der Waals surface area contributed by atoms with Gasteiger partial charge in [0.15, 0.2) is 11.5 Å². The number of amides is 1. The van der Waals surface area contributed by atoms with Crippen molar-refractivity contribution in [3.63, 3.8) is 0 Å². The number of hydrogen-bond acceptors (Lipinski definition) is 4. The van der Waals surface area contributed by atoms with E-state index in [2.05, 4.69) is 5.32 Å². The Morgan fingerprint density at radius 3 is 2.75 bits per heavy atom. The second-order valence-corrected chi connectivity index (χ2v) is 6.80. The summed E-state index contributed by atoms with van der Waals surface area (Å²) in [5, 5.41) is 3.02. The van der Waals surface area contributed by atoms with Gasteiger partial charge in [-0.15, -0.1) is 11.8 Å². The second-order valence-electron chi connectivity index (χ2n) is 5.47. The summed E-state index contributed by atoms with van der Waals surface area (Å²) >= 11 is 1.52. The van der Waals surface area contributed by atoms with E-state index in [-0.39, 0.29) is 23.8 Å². The summed E-state index contributed by atoms with van der Waals surface area (Å²) in [6.45, 7) is 2.69. The van der Waals surface area contributed by atoms with Crippen molar-refractivity contribution in [2.24, 2.45) is 0 Å². The third-order valence-corrected chi connectivity index (χ3v) is 4.93. The maximum Gasteiger partial charge on any atom is 0.231 e. The van der Waals surface area contributed by atoms with E-state index >= 15 is 0 Å². The maximum atomic E-state index is 12.9. The number of ether oxygens (including phenoxy) is 2. The molecule has 6 heteroatoms. The van der Waals surface area contributed by atoms with Crippen LogP contribution in [0.2, 0.25) is 0 Å². The molecule has 1 atom stereocenters. The Kier molecular flexibility index (Phi) is 5.25. The maximum absolute atomic E-state index is 12.9. The van der Waals surface area contributed by atoms with E-state index in [1.165, 1.54) is 23.9 Å². The van der Waals surface area contributed by atoms with Gasteiger partial charge in [0, 0.05) is 11.8 Å². The topological polar surface area (TPSA) is 47.6 Å². The van der Waals surface area contributed by atoms with Gasteiger partial charge in [-0.05, 0) is 42.3 Å². The van der Waals surface area contributed by atoms with E-state index < -0.39 is 0 Å². The quantitative estimate of drug-likeness (QED) is 0.866. The summed E-state index contributed by atoms with van der Waals surface area (Å²) in [6.07, 6.45) is 0. The molecule has 2 aromatic carbocycles. The highest BCUT2D eigenvalue weighted by Gasteiger charge is 2.14. The van der Waals surface area contributed by atoms with Crippen LogP contribution in [-0.4, -0.2) is 18.5 Å². The Labute approximate surface area is 144 Å². The fourth-order valence-electron chi connectivity index (χ4n) is 2.33. The van der Waals surface area contributed by atoms with Gasteiger partial charge < -0.3 is 14.8 Å². The standard InChI is InChI=1S/C18H18FNO3S/c1-12(14-3-5-15(19)6-4-14)24-10-18(21)20-9-13-2-7-16-17(8-13)23-11-22-16/h2-8,12H,9-11H2,1H3,(H,20,21). The first kappa shape index (κ1) is 16.6. The van der Waals surface area contributed by atoms with Crippen LogP contribution in [-0.2, 0) is 11.3 Å². The van der Waals surface area contributed by atoms with E-state index in [1.54, 1.807) is 12.1 Å². The lowest BCUT2D eigenvalue weighted by molar-refractivity contribution is -0.118. The van der Waals surface area contributed by atoms with Crippen LogP contribution in [0.25, 0.3) is 0 Å². The number of nitrogens with one attached hydrogen (secondary N) is 1. The molecule has 1 N–H and O–H groups in total. The van der Waals surface area contributed by atoms with Crippen LogP contribution < -0.4 is 14.8 Å². The summed E-state index contributed by atoms with van der Waals surface area (Å²) in [6, 6.07) is 12.0. The van der Waals surface area contributed by atoms with Crippen LogP contribution in [0.4, 0.5) is 4.39 Å². The highest BCUT2D eigenvalue weighted by atomic mass is 32.2. The molecule has 0 spiro atoms. The minimum atomic E-state index is -0.252. The third-order valence-electron chi connectivity index (χ3n) is 3.73. The van der Waals surface area contributed by atoms with Gasteiger partial charge in [0.25, 0.3) is 0 Å². The molecule has 1 heterocycles. The average molecular weight is 347 g/mol. The monoisotopic (exact) mass is 347 g/mol. The molecule has 0 saturated heterocycles. The van der Waals surface area contributed by atoms with Gasteiger partial charge in [0.2, 0.25) is 12.7 Å². The van der Waals surface area contributed by atoms with Crippen molar-refractivity contribution >= 4 is 17.7 Å². The van der Waals surface area contributed by atoms with Crippen LogP contribution >= 0.6 is 11.8 Å². The Bertz CT molecular complexity index is 721. The van der Waals surface area contributed by atoms with Gasteiger partial charge >= 0.3 is 0 Å². The normalized spacial score (nSPS) is 13.6. The van der Waals surface area contributed by atoms with Gasteiger partial charge in [0.1, 0.15) is 5.82 Å². The highest BCUT2D eigenvalue weighted by Crippen LogP contribution is 2.32. The first-order valence-electron chi connectivity index (χ1n) is 7.64. The van der Waals surface area contributed by atoms with Crippen molar-refractivity contribution in [2.75, 3.05) is 12.5 Å². The predicted octanol–water partition coefficient (Wildman–Crippen LogP) is 3.67. The molecule has 0 fully saturated rings.